The minimum absolute atomic E-state index is 0.0711. The van der Waals surface area contributed by atoms with Crippen LogP contribution in [0.2, 0.25) is 0 Å². The lowest BCUT2D eigenvalue weighted by atomic mass is 9.86. The van der Waals surface area contributed by atoms with Gasteiger partial charge in [0.15, 0.2) is 0 Å². The second-order valence-corrected chi connectivity index (χ2v) is 5.29. The number of aliphatic hydroxyl groups excluding tert-OH is 1. The fourth-order valence-electron chi connectivity index (χ4n) is 1.57. The fraction of sp³-hybridized carbons (Fsp3) is 0.538. The first-order valence-electron chi connectivity index (χ1n) is 5.24. The molecule has 0 aliphatic heterocycles. The van der Waals surface area contributed by atoms with Crippen LogP contribution in [-0.2, 0) is 0 Å². The molecule has 1 atom stereocenters. The Labute approximate surface area is 90.9 Å². The van der Waals surface area contributed by atoms with Gasteiger partial charge in [-0.15, -0.1) is 0 Å². The number of hydrogen-bond acceptors (Lipinski definition) is 1. The normalized spacial score (nSPS) is 14.0. The summed E-state index contributed by atoms with van der Waals surface area (Å²) in [6, 6.07) is 4.78. The van der Waals surface area contributed by atoms with E-state index in [0.717, 1.165) is 5.56 Å². The first kappa shape index (κ1) is 12.2. The molecule has 0 amide bonds. The zero-order valence-corrected chi connectivity index (χ0v) is 9.84. The summed E-state index contributed by atoms with van der Waals surface area (Å²) in [6.07, 6.45) is 0.169. The van der Waals surface area contributed by atoms with Crippen molar-refractivity contribution in [1.82, 2.24) is 0 Å². The molecular formula is C13H19FO. The highest BCUT2D eigenvalue weighted by Gasteiger charge is 2.18. The molecule has 15 heavy (non-hydrogen) atoms. The van der Waals surface area contributed by atoms with E-state index in [1.807, 2.05) is 0 Å². The summed E-state index contributed by atoms with van der Waals surface area (Å²) in [5, 5.41) is 9.95. The van der Waals surface area contributed by atoms with Crippen molar-refractivity contribution >= 4 is 0 Å². The van der Waals surface area contributed by atoms with E-state index in [4.69, 9.17) is 0 Å². The molecule has 0 fully saturated rings. The Hall–Kier alpha value is -0.890. The van der Waals surface area contributed by atoms with Crippen molar-refractivity contribution in [3.63, 3.8) is 0 Å². The summed E-state index contributed by atoms with van der Waals surface area (Å²) in [5.74, 6) is -0.221. The molecule has 0 saturated heterocycles. The number of benzene rings is 1. The number of aliphatic hydroxyl groups is 1. The summed E-state index contributed by atoms with van der Waals surface area (Å²) in [4.78, 5) is 0. The molecule has 0 aliphatic carbocycles. The average molecular weight is 210 g/mol. The molecule has 0 aromatic heterocycles. The van der Waals surface area contributed by atoms with Crippen LogP contribution < -0.4 is 0 Å². The fourth-order valence-corrected chi connectivity index (χ4v) is 1.57. The van der Waals surface area contributed by atoms with E-state index in [1.165, 1.54) is 6.07 Å². The van der Waals surface area contributed by atoms with E-state index in [2.05, 4.69) is 20.8 Å². The molecule has 2 heteroatoms. The first-order valence-corrected chi connectivity index (χ1v) is 5.24. The molecule has 1 nitrogen and oxygen atoms in total. The Morgan fingerprint density at radius 1 is 1.33 bits per heavy atom. The Bertz CT molecular complexity index is 339. The van der Waals surface area contributed by atoms with Gasteiger partial charge >= 0.3 is 0 Å². The van der Waals surface area contributed by atoms with Crippen LogP contribution in [0.4, 0.5) is 4.39 Å². The molecule has 0 heterocycles. The topological polar surface area (TPSA) is 20.2 Å². The van der Waals surface area contributed by atoms with Gasteiger partial charge in [0, 0.05) is 0 Å². The summed E-state index contributed by atoms with van der Waals surface area (Å²) < 4.78 is 13.0. The first-order chi connectivity index (χ1) is 6.79. The van der Waals surface area contributed by atoms with Crippen LogP contribution in [0.15, 0.2) is 18.2 Å². The quantitative estimate of drug-likeness (QED) is 0.790. The average Bonchev–Trinajstić information content (AvgIpc) is 2.06. The van der Waals surface area contributed by atoms with Gasteiger partial charge in [-0.1, -0.05) is 32.9 Å². The van der Waals surface area contributed by atoms with Crippen LogP contribution in [0, 0.1) is 18.2 Å². The third-order valence-electron chi connectivity index (χ3n) is 2.37. The van der Waals surface area contributed by atoms with Gasteiger partial charge in [-0.05, 0) is 36.0 Å². The molecule has 1 unspecified atom stereocenters. The van der Waals surface area contributed by atoms with E-state index in [1.54, 1.807) is 19.1 Å². The van der Waals surface area contributed by atoms with Crippen molar-refractivity contribution in [3.05, 3.63) is 35.1 Å². The van der Waals surface area contributed by atoms with Crippen LogP contribution in [0.3, 0.4) is 0 Å². The van der Waals surface area contributed by atoms with Crippen molar-refractivity contribution in [2.45, 2.75) is 40.2 Å². The molecule has 1 N–H and O–H groups in total. The second kappa shape index (κ2) is 4.31. The lowest BCUT2D eigenvalue weighted by Crippen LogP contribution is -2.11. The summed E-state index contributed by atoms with van der Waals surface area (Å²) >= 11 is 0. The maximum atomic E-state index is 13.0. The largest absolute Gasteiger partial charge is 0.388 e. The van der Waals surface area contributed by atoms with E-state index in [-0.39, 0.29) is 11.2 Å². The van der Waals surface area contributed by atoms with E-state index in [0.29, 0.717) is 12.0 Å². The zero-order chi connectivity index (χ0) is 11.6. The molecule has 0 spiro atoms. The van der Waals surface area contributed by atoms with E-state index >= 15 is 0 Å². The molecule has 0 radical (unpaired) electrons. The molecule has 84 valence electrons. The van der Waals surface area contributed by atoms with Gasteiger partial charge in [0.05, 0.1) is 6.10 Å². The van der Waals surface area contributed by atoms with Gasteiger partial charge in [-0.2, -0.15) is 0 Å². The standard InChI is InChI=1S/C13H19FO/c1-9-7-10(5-6-11(9)14)12(15)8-13(2,3)4/h5-7,12,15H,8H2,1-4H3. The molecular weight excluding hydrogens is 191 g/mol. The van der Waals surface area contributed by atoms with Crippen LogP contribution in [0.5, 0.6) is 0 Å². The van der Waals surface area contributed by atoms with Gasteiger partial charge in [-0.25, -0.2) is 4.39 Å². The minimum atomic E-state index is -0.510. The van der Waals surface area contributed by atoms with Crippen molar-refractivity contribution in [2.75, 3.05) is 0 Å². The Morgan fingerprint density at radius 3 is 2.40 bits per heavy atom. The van der Waals surface area contributed by atoms with Gasteiger partial charge in [0.25, 0.3) is 0 Å². The number of halogens is 1. The Balaban J connectivity index is 2.83. The molecule has 1 aromatic carbocycles. The number of hydrogen-bond donors (Lipinski definition) is 1. The predicted molar refractivity (Wildman–Crippen MR) is 60.2 cm³/mol. The third-order valence-corrected chi connectivity index (χ3v) is 2.37. The lowest BCUT2D eigenvalue weighted by molar-refractivity contribution is 0.122. The summed E-state index contributed by atoms with van der Waals surface area (Å²) in [7, 11) is 0. The SMILES string of the molecule is Cc1cc(C(O)CC(C)(C)C)ccc1F. The highest BCUT2D eigenvalue weighted by atomic mass is 19.1. The van der Waals surface area contributed by atoms with Gasteiger partial charge in [0.2, 0.25) is 0 Å². The summed E-state index contributed by atoms with van der Waals surface area (Å²) in [5.41, 5.74) is 1.45. The van der Waals surface area contributed by atoms with Gasteiger partial charge in [0.1, 0.15) is 5.82 Å². The highest BCUT2D eigenvalue weighted by Crippen LogP contribution is 2.29. The van der Waals surface area contributed by atoms with Crippen molar-refractivity contribution in [2.24, 2.45) is 5.41 Å². The third kappa shape index (κ3) is 3.63. The molecule has 1 rings (SSSR count). The van der Waals surface area contributed by atoms with Crippen LogP contribution in [-0.4, -0.2) is 5.11 Å². The maximum absolute atomic E-state index is 13.0. The molecule has 0 saturated carbocycles. The van der Waals surface area contributed by atoms with Gasteiger partial charge < -0.3 is 5.11 Å². The number of rotatable bonds is 2. The Morgan fingerprint density at radius 2 is 1.93 bits per heavy atom. The lowest BCUT2D eigenvalue weighted by Gasteiger charge is -2.22. The van der Waals surface area contributed by atoms with Crippen molar-refractivity contribution in [3.8, 4) is 0 Å². The van der Waals surface area contributed by atoms with E-state index < -0.39 is 6.10 Å². The van der Waals surface area contributed by atoms with E-state index in [9.17, 15) is 9.50 Å². The molecule has 0 bridgehead atoms. The zero-order valence-electron chi connectivity index (χ0n) is 9.84. The Kier molecular flexibility index (Phi) is 3.50. The second-order valence-electron chi connectivity index (χ2n) is 5.29. The predicted octanol–water partition coefficient (Wildman–Crippen LogP) is 3.60. The smallest absolute Gasteiger partial charge is 0.126 e. The van der Waals surface area contributed by atoms with Crippen LogP contribution in [0.25, 0.3) is 0 Å². The molecule has 1 aromatic rings. The van der Waals surface area contributed by atoms with Crippen molar-refractivity contribution in [1.29, 1.82) is 0 Å². The highest BCUT2D eigenvalue weighted by molar-refractivity contribution is 5.25. The number of aryl methyl sites for hydroxylation is 1. The minimum Gasteiger partial charge on any atom is -0.388 e. The van der Waals surface area contributed by atoms with Gasteiger partial charge in [-0.3, -0.25) is 0 Å². The van der Waals surface area contributed by atoms with Crippen LogP contribution >= 0.6 is 0 Å². The summed E-state index contributed by atoms with van der Waals surface area (Å²) in [6.45, 7) is 7.94. The molecule has 0 aliphatic rings. The van der Waals surface area contributed by atoms with Crippen LogP contribution in [0.1, 0.15) is 44.4 Å². The monoisotopic (exact) mass is 210 g/mol. The van der Waals surface area contributed by atoms with Crippen molar-refractivity contribution < 1.29 is 9.50 Å². The maximum Gasteiger partial charge on any atom is 0.126 e.